The molecule has 1 atom stereocenters. The summed E-state index contributed by atoms with van der Waals surface area (Å²) in [6, 6.07) is 4.79. The van der Waals surface area contributed by atoms with E-state index in [1.165, 1.54) is 7.11 Å². The molecule has 1 aromatic rings. The molecular formula is C11H15NO4. The minimum atomic E-state index is -1.13. The lowest BCUT2D eigenvalue weighted by Crippen LogP contribution is -2.55. The van der Waals surface area contributed by atoms with Gasteiger partial charge < -0.3 is 25.1 Å². The quantitative estimate of drug-likeness (QED) is 0.705. The number of ether oxygens (including phenoxy) is 2. The molecule has 0 saturated heterocycles. The third-order valence-electron chi connectivity index (χ3n) is 2.29. The number of hydrogen-bond donors (Lipinski definition) is 1. The standard InChI is InChI=1S/C11H15NO4/c1-15-7-3-4-8(10(5-7)16-2)9(12)6-11(13)14/h3-5,9H,6,12H2,1-2H3,(H,13,14)/t9-/m1/s1. The second-order valence-corrected chi connectivity index (χ2v) is 3.38. The highest BCUT2D eigenvalue weighted by Gasteiger charge is 2.16. The van der Waals surface area contributed by atoms with Gasteiger partial charge in [0.05, 0.1) is 19.8 Å². The molecule has 0 aliphatic heterocycles. The average Bonchev–Trinajstić information content (AvgIpc) is 2.27. The van der Waals surface area contributed by atoms with E-state index in [2.05, 4.69) is 5.73 Å². The van der Waals surface area contributed by atoms with Crippen molar-refractivity contribution in [3.8, 4) is 11.5 Å². The van der Waals surface area contributed by atoms with Gasteiger partial charge in [0.1, 0.15) is 17.5 Å². The van der Waals surface area contributed by atoms with Crippen LogP contribution in [0.1, 0.15) is 18.0 Å². The van der Waals surface area contributed by atoms with Gasteiger partial charge in [0, 0.05) is 18.5 Å². The summed E-state index contributed by atoms with van der Waals surface area (Å²) in [5.41, 5.74) is 4.50. The molecule has 1 rings (SSSR count). The number of aliphatic carboxylic acids is 1. The van der Waals surface area contributed by atoms with Crippen molar-refractivity contribution in [3.05, 3.63) is 23.8 Å². The Labute approximate surface area is 93.8 Å². The lowest BCUT2D eigenvalue weighted by atomic mass is 10.0. The third kappa shape index (κ3) is 2.87. The number of benzene rings is 1. The van der Waals surface area contributed by atoms with Crippen molar-refractivity contribution in [3.63, 3.8) is 0 Å². The summed E-state index contributed by atoms with van der Waals surface area (Å²) in [4.78, 5) is 10.5. The van der Waals surface area contributed by atoms with Gasteiger partial charge in [-0.25, -0.2) is 0 Å². The highest BCUT2D eigenvalue weighted by atomic mass is 16.5. The van der Waals surface area contributed by atoms with E-state index in [1.54, 1.807) is 25.3 Å². The van der Waals surface area contributed by atoms with Crippen LogP contribution in [0.15, 0.2) is 18.2 Å². The summed E-state index contributed by atoms with van der Waals surface area (Å²) in [6.07, 6.45) is -0.136. The predicted octanol–water partition coefficient (Wildman–Crippen LogP) is -0.873. The van der Waals surface area contributed by atoms with E-state index in [-0.39, 0.29) is 6.42 Å². The molecule has 16 heavy (non-hydrogen) atoms. The van der Waals surface area contributed by atoms with E-state index in [4.69, 9.17) is 9.47 Å². The predicted molar refractivity (Wildman–Crippen MR) is 54.8 cm³/mol. The number of carbonyl (C=O) groups is 1. The van der Waals surface area contributed by atoms with E-state index in [0.717, 1.165) is 5.56 Å². The highest BCUT2D eigenvalue weighted by molar-refractivity contribution is 5.65. The summed E-state index contributed by atoms with van der Waals surface area (Å²) >= 11 is 0. The van der Waals surface area contributed by atoms with E-state index < -0.39 is 12.0 Å². The maximum absolute atomic E-state index is 10.5. The number of carbonyl (C=O) groups excluding carboxylic acids is 1. The smallest absolute Gasteiger partial charge is 0.131 e. The molecule has 0 unspecified atom stereocenters. The first-order valence-electron chi connectivity index (χ1n) is 4.83. The summed E-state index contributed by atoms with van der Waals surface area (Å²) in [7, 11) is 3.07. The van der Waals surface area contributed by atoms with Crippen LogP contribution < -0.4 is 20.3 Å². The number of rotatable bonds is 5. The zero-order chi connectivity index (χ0) is 12.1. The van der Waals surface area contributed by atoms with Crippen molar-refractivity contribution in [1.29, 1.82) is 0 Å². The molecule has 0 aliphatic carbocycles. The van der Waals surface area contributed by atoms with Crippen LogP contribution in [0.3, 0.4) is 0 Å². The Bertz CT molecular complexity index is 378. The Kier molecular flexibility index (Phi) is 4.13. The van der Waals surface area contributed by atoms with Crippen LogP contribution >= 0.6 is 0 Å². The van der Waals surface area contributed by atoms with Gasteiger partial charge in [-0.2, -0.15) is 0 Å². The lowest BCUT2D eigenvalue weighted by molar-refractivity contribution is -0.430. The van der Waals surface area contributed by atoms with Crippen LogP contribution in [-0.2, 0) is 4.79 Å². The van der Waals surface area contributed by atoms with Gasteiger partial charge in [-0.3, -0.25) is 0 Å². The van der Waals surface area contributed by atoms with Gasteiger partial charge in [-0.15, -0.1) is 0 Å². The molecule has 0 radical (unpaired) electrons. The van der Waals surface area contributed by atoms with Gasteiger partial charge in [0.25, 0.3) is 0 Å². The van der Waals surface area contributed by atoms with Crippen molar-refractivity contribution in [2.45, 2.75) is 12.5 Å². The summed E-state index contributed by atoms with van der Waals surface area (Å²) in [5, 5.41) is 10.5. The second kappa shape index (κ2) is 5.37. The first-order valence-corrected chi connectivity index (χ1v) is 4.83. The number of carboxylic acid groups (broad SMARTS) is 1. The topological polar surface area (TPSA) is 86.2 Å². The normalized spacial score (nSPS) is 11.9. The van der Waals surface area contributed by atoms with E-state index >= 15 is 0 Å². The van der Waals surface area contributed by atoms with Crippen molar-refractivity contribution in [2.75, 3.05) is 14.2 Å². The molecule has 88 valence electrons. The molecule has 0 fully saturated rings. The fourth-order valence-electron chi connectivity index (χ4n) is 1.47. The van der Waals surface area contributed by atoms with Crippen LogP contribution in [0.4, 0.5) is 0 Å². The van der Waals surface area contributed by atoms with Crippen molar-refractivity contribution in [1.82, 2.24) is 0 Å². The van der Waals surface area contributed by atoms with E-state index in [1.807, 2.05) is 0 Å². The molecule has 1 aromatic carbocycles. The molecule has 0 saturated carbocycles. The number of carboxylic acids is 1. The second-order valence-electron chi connectivity index (χ2n) is 3.38. The number of hydrogen-bond acceptors (Lipinski definition) is 4. The molecule has 0 aromatic heterocycles. The molecule has 0 bridgehead atoms. The Morgan fingerprint density at radius 3 is 2.62 bits per heavy atom. The first kappa shape index (κ1) is 12.3. The molecule has 0 aliphatic rings. The van der Waals surface area contributed by atoms with Gasteiger partial charge >= 0.3 is 0 Å². The fourth-order valence-corrected chi connectivity index (χ4v) is 1.47. The largest absolute Gasteiger partial charge is 0.550 e. The number of quaternary nitrogens is 1. The van der Waals surface area contributed by atoms with Crippen LogP contribution in [0.2, 0.25) is 0 Å². The molecule has 0 heterocycles. The molecule has 5 heteroatoms. The van der Waals surface area contributed by atoms with Crippen LogP contribution in [-0.4, -0.2) is 20.2 Å². The maximum atomic E-state index is 10.5. The maximum Gasteiger partial charge on any atom is 0.131 e. The van der Waals surface area contributed by atoms with E-state index in [9.17, 15) is 9.90 Å². The zero-order valence-corrected chi connectivity index (χ0v) is 9.36. The minimum Gasteiger partial charge on any atom is -0.550 e. The Morgan fingerprint density at radius 1 is 1.44 bits per heavy atom. The molecule has 3 N–H and O–H groups in total. The summed E-state index contributed by atoms with van der Waals surface area (Å²) < 4.78 is 10.2. The Balaban J connectivity index is 2.98. The highest BCUT2D eigenvalue weighted by Crippen LogP contribution is 2.28. The summed E-state index contributed by atoms with van der Waals surface area (Å²) in [6.45, 7) is 0. The van der Waals surface area contributed by atoms with Crippen molar-refractivity contribution >= 4 is 5.97 Å². The van der Waals surface area contributed by atoms with Crippen LogP contribution in [0.5, 0.6) is 11.5 Å². The average molecular weight is 225 g/mol. The van der Waals surface area contributed by atoms with Crippen LogP contribution in [0, 0.1) is 0 Å². The zero-order valence-electron chi connectivity index (χ0n) is 9.36. The minimum absolute atomic E-state index is 0.136. The van der Waals surface area contributed by atoms with Gasteiger partial charge in [0.2, 0.25) is 0 Å². The molecule has 5 nitrogen and oxygen atoms in total. The molecular weight excluding hydrogens is 210 g/mol. The fraction of sp³-hybridized carbons (Fsp3) is 0.364. The van der Waals surface area contributed by atoms with E-state index in [0.29, 0.717) is 11.5 Å². The van der Waals surface area contributed by atoms with Crippen molar-refractivity contribution < 1.29 is 25.1 Å². The van der Waals surface area contributed by atoms with Gasteiger partial charge in [-0.05, 0) is 12.1 Å². The van der Waals surface area contributed by atoms with Gasteiger partial charge in [0.15, 0.2) is 0 Å². The SMILES string of the molecule is COc1ccc([C@H]([NH3+])CC(=O)[O-])c(OC)c1. The summed E-state index contributed by atoms with van der Waals surface area (Å²) in [5.74, 6) is 0.0970. The molecule has 0 spiro atoms. The van der Waals surface area contributed by atoms with Gasteiger partial charge in [-0.1, -0.05) is 0 Å². The first-order chi connectivity index (χ1) is 7.58. The lowest BCUT2D eigenvalue weighted by Gasteiger charge is -2.14. The monoisotopic (exact) mass is 225 g/mol. The Hall–Kier alpha value is -1.75. The Morgan fingerprint density at radius 2 is 2.12 bits per heavy atom. The molecule has 0 amide bonds. The number of methoxy groups -OCH3 is 2. The van der Waals surface area contributed by atoms with Crippen LogP contribution in [0.25, 0.3) is 0 Å². The third-order valence-corrected chi connectivity index (χ3v) is 2.29. The van der Waals surface area contributed by atoms with Crippen molar-refractivity contribution in [2.24, 2.45) is 0 Å².